The van der Waals surface area contributed by atoms with Crippen molar-refractivity contribution in [1.82, 2.24) is 10.6 Å². The van der Waals surface area contributed by atoms with Gasteiger partial charge in [-0.3, -0.25) is 4.99 Å². The molecule has 1 aliphatic heterocycles. The van der Waals surface area contributed by atoms with Gasteiger partial charge in [0, 0.05) is 31.7 Å². The summed E-state index contributed by atoms with van der Waals surface area (Å²) in [7, 11) is 0. The van der Waals surface area contributed by atoms with E-state index in [2.05, 4.69) is 27.8 Å². The van der Waals surface area contributed by atoms with Crippen LogP contribution in [0.4, 0.5) is 13.2 Å². The predicted molar refractivity (Wildman–Crippen MR) is 108 cm³/mol. The van der Waals surface area contributed by atoms with E-state index in [0.29, 0.717) is 32.3 Å². The Morgan fingerprint density at radius 2 is 1.81 bits per heavy atom. The zero-order valence-corrected chi connectivity index (χ0v) is 17.3. The maximum Gasteiger partial charge on any atom is 0.390 e. The van der Waals surface area contributed by atoms with Crippen molar-refractivity contribution in [1.29, 1.82) is 0 Å². The van der Waals surface area contributed by atoms with Crippen LogP contribution < -0.4 is 10.6 Å². The van der Waals surface area contributed by atoms with Crippen LogP contribution in [-0.2, 0) is 10.2 Å². The SMILES string of the molecule is CCNC(=NCC1(c2ccccc2)CCOCC1)NCCC(F)(F)F.I. The maximum absolute atomic E-state index is 12.3. The molecule has 148 valence electrons. The maximum atomic E-state index is 12.3. The highest BCUT2D eigenvalue weighted by Crippen LogP contribution is 2.35. The average Bonchev–Trinajstić information content (AvgIpc) is 2.60. The molecular weight excluding hydrogens is 458 g/mol. The first-order valence-electron chi connectivity index (χ1n) is 8.67. The third kappa shape index (κ3) is 7.30. The van der Waals surface area contributed by atoms with Crippen molar-refractivity contribution in [2.45, 2.75) is 37.8 Å². The molecule has 0 spiro atoms. The molecule has 0 radical (unpaired) electrons. The van der Waals surface area contributed by atoms with Gasteiger partial charge in [0.15, 0.2) is 5.96 Å². The van der Waals surface area contributed by atoms with Gasteiger partial charge < -0.3 is 15.4 Å². The highest BCUT2D eigenvalue weighted by Gasteiger charge is 2.34. The molecule has 0 aromatic heterocycles. The van der Waals surface area contributed by atoms with Crippen LogP contribution in [0.15, 0.2) is 35.3 Å². The second-order valence-electron chi connectivity index (χ2n) is 6.25. The van der Waals surface area contributed by atoms with E-state index in [-0.39, 0.29) is 35.9 Å². The van der Waals surface area contributed by atoms with Crippen molar-refractivity contribution in [3.05, 3.63) is 35.9 Å². The number of rotatable bonds is 6. The third-order valence-electron chi connectivity index (χ3n) is 4.42. The summed E-state index contributed by atoms with van der Waals surface area (Å²) in [5.74, 6) is 0.425. The molecule has 1 aromatic rings. The Balaban J connectivity index is 0.00000338. The molecule has 26 heavy (non-hydrogen) atoms. The Kier molecular flexibility index (Phi) is 9.70. The fraction of sp³-hybridized carbons (Fsp3) is 0.611. The van der Waals surface area contributed by atoms with Gasteiger partial charge in [0.05, 0.1) is 13.0 Å². The highest BCUT2D eigenvalue weighted by atomic mass is 127. The predicted octanol–water partition coefficient (Wildman–Crippen LogP) is 3.86. The molecule has 1 fully saturated rings. The molecule has 1 aliphatic rings. The second-order valence-corrected chi connectivity index (χ2v) is 6.25. The summed E-state index contributed by atoms with van der Waals surface area (Å²) in [4.78, 5) is 4.58. The van der Waals surface area contributed by atoms with Crippen molar-refractivity contribution in [3.8, 4) is 0 Å². The number of halogens is 4. The van der Waals surface area contributed by atoms with Gasteiger partial charge in [0.1, 0.15) is 0 Å². The van der Waals surface area contributed by atoms with Gasteiger partial charge in [-0.05, 0) is 25.3 Å². The largest absolute Gasteiger partial charge is 0.390 e. The van der Waals surface area contributed by atoms with Crippen LogP contribution in [-0.4, -0.2) is 45.0 Å². The first-order valence-corrected chi connectivity index (χ1v) is 8.67. The molecule has 8 heteroatoms. The van der Waals surface area contributed by atoms with Gasteiger partial charge in [-0.2, -0.15) is 13.2 Å². The van der Waals surface area contributed by atoms with Gasteiger partial charge in [-0.1, -0.05) is 30.3 Å². The molecule has 1 aromatic carbocycles. The molecule has 0 unspecified atom stereocenters. The summed E-state index contributed by atoms with van der Waals surface area (Å²) < 4.78 is 42.5. The molecule has 4 nitrogen and oxygen atoms in total. The molecule has 2 rings (SSSR count). The van der Waals surface area contributed by atoms with E-state index in [1.54, 1.807) is 0 Å². The Hall–Kier alpha value is -1.03. The lowest BCUT2D eigenvalue weighted by Crippen LogP contribution is -2.42. The lowest BCUT2D eigenvalue weighted by molar-refractivity contribution is -0.132. The number of hydrogen-bond donors (Lipinski definition) is 2. The van der Waals surface area contributed by atoms with E-state index in [0.717, 1.165) is 12.8 Å². The van der Waals surface area contributed by atoms with Gasteiger partial charge in [-0.15, -0.1) is 24.0 Å². The summed E-state index contributed by atoms with van der Waals surface area (Å²) in [6, 6.07) is 10.2. The minimum Gasteiger partial charge on any atom is -0.381 e. The number of nitrogens with zero attached hydrogens (tertiary/aromatic N) is 1. The lowest BCUT2D eigenvalue weighted by atomic mass is 9.74. The summed E-state index contributed by atoms with van der Waals surface area (Å²) in [6.07, 6.45) is -3.35. The lowest BCUT2D eigenvalue weighted by Gasteiger charge is -2.36. The fourth-order valence-corrected chi connectivity index (χ4v) is 2.99. The number of nitrogens with one attached hydrogen (secondary N) is 2. The fourth-order valence-electron chi connectivity index (χ4n) is 2.99. The average molecular weight is 485 g/mol. The van der Waals surface area contributed by atoms with Crippen molar-refractivity contribution < 1.29 is 17.9 Å². The molecule has 1 saturated heterocycles. The van der Waals surface area contributed by atoms with Gasteiger partial charge in [-0.25, -0.2) is 0 Å². The topological polar surface area (TPSA) is 45.7 Å². The molecule has 2 N–H and O–H groups in total. The highest BCUT2D eigenvalue weighted by molar-refractivity contribution is 14.0. The van der Waals surface area contributed by atoms with Crippen LogP contribution in [0.2, 0.25) is 0 Å². The molecule has 0 aliphatic carbocycles. The van der Waals surface area contributed by atoms with Crippen LogP contribution in [0.1, 0.15) is 31.7 Å². The van der Waals surface area contributed by atoms with Crippen LogP contribution >= 0.6 is 24.0 Å². The summed E-state index contributed by atoms with van der Waals surface area (Å²) in [5, 5.41) is 5.79. The molecule has 0 bridgehead atoms. The Bertz CT molecular complexity index is 546. The quantitative estimate of drug-likeness (QED) is 0.366. The molecule has 0 amide bonds. The molecule has 1 heterocycles. The number of aliphatic imine (C=N–C) groups is 1. The van der Waals surface area contributed by atoms with Crippen LogP contribution in [0.5, 0.6) is 0 Å². The van der Waals surface area contributed by atoms with Crippen molar-refractivity contribution in [2.24, 2.45) is 4.99 Å². The van der Waals surface area contributed by atoms with Gasteiger partial charge in [0.25, 0.3) is 0 Å². The van der Waals surface area contributed by atoms with E-state index >= 15 is 0 Å². The van der Waals surface area contributed by atoms with Crippen molar-refractivity contribution >= 4 is 29.9 Å². The number of guanidine groups is 1. The summed E-state index contributed by atoms with van der Waals surface area (Å²) in [5.41, 5.74) is 1.07. The monoisotopic (exact) mass is 485 g/mol. The minimum absolute atomic E-state index is 0. The summed E-state index contributed by atoms with van der Waals surface area (Å²) >= 11 is 0. The molecule has 0 atom stereocenters. The van der Waals surface area contributed by atoms with E-state index in [9.17, 15) is 13.2 Å². The van der Waals surface area contributed by atoms with Crippen LogP contribution in [0.25, 0.3) is 0 Å². The first kappa shape index (κ1) is 23.0. The first-order chi connectivity index (χ1) is 12.0. The van der Waals surface area contributed by atoms with E-state index in [1.165, 1.54) is 5.56 Å². The number of alkyl halides is 3. The minimum atomic E-state index is -4.17. The summed E-state index contributed by atoms with van der Waals surface area (Å²) in [6.45, 7) is 4.16. The van der Waals surface area contributed by atoms with Crippen molar-refractivity contribution in [3.63, 3.8) is 0 Å². The van der Waals surface area contributed by atoms with Crippen LogP contribution in [0, 0.1) is 0 Å². The molecular formula is C18H27F3IN3O. The number of benzene rings is 1. The Labute approximate surface area is 170 Å². The van der Waals surface area contributed by atoms with Gasteiger partial charge in [0.2, 0.25) is 0 Å². The smallest absolute Gasteiger partial charge is 0.381 e. The normalized spacial score (nSPS) is 17.3. The van der Waals surface area contributed by atoms with Gasteiger partial charge >= 0.3 is 6.18 Å². The Morgan fingerprint density at radius 1 is 1.15 bits per heavy atom. The second kappa shape index (κ2) is 11.0. The van der Waals surface area contributed by atoms with E-state index in [4.69, 9.17) is 4.74 Å². The standard InChI is InChI=1S/C18H26F3N3O.HI/c1-2-22-16(23-11-8-18(19,20)21)24-14-17(9-12-25-13-10-17)15-6-4-3-5-7-15;/h3-7H,2,8-14H2,1H3,(H2,22,23,24);1H. The van der Waals surface area contributed by atoms with E-state index < -0.39 is 12.6 Å². The van der Waals surface area contributed by atoms with Crippen LogP contribution in [0.3, 0.4) is 0 Å². The zero-order valence-electron chi connectivity index (χ0n) is 14.9. The van der Waals surface area contributed by atoms with Crippen molar-refractivity contribution in [2.75, 3.05) is 32.8 Å². The number of hydrogen-bond acceptors (Lipinski definition) is 2. The third-order valence-corrected chi connectivity index (χ3v) is 4.42. The number of ether oxygens (including phenoxy) is 1. The Morgan fingerprint density at radius 3 is 2.38 bits per heavy atom. The zero-order chi connectivity index (χ0) is 18.2. The molecule has 0 saturated carbocycles. The van der Waals surface area contributed by atoms with E-state index in [1.807, 2.05) is 25.1 Å².